The molecule has 0 radical (unpaired) electrons. The van der Waals surface area contributed by atoms with Crippen LogP contribution < -0.4 is 5.73 Å². The zero-order valence-corrected chi connectivity index (χ0v) is 11.2. The number of nitrogen functional groups attached to an aromatic ring is 1. The monoisotopic (exact) mass is 223 g/mol. The van der Waals surface area contributed by atoms with Gasteiger partial charge in [-0.2, -0.15) is 0 Å². The Bertz CT molecular complexity index is 339. The molecule has 1 heterocycles. The third kappa shape index (κ3) is 2.39. The van der Waals surface area contributed by atoms with E-state index in [2.05, 4.69) is 39.2 Å². The fraction of sp³-hybridized carbons (Fsp3) is 0.769. The molecule has 2 N–H and O–H groups in total. The number of anilines is 1. The van der Waals surface area contributed by atoms with E-state index >= 15 is 0 Å². The maximum Gasteiger partial charge on any atom is 0.127 e. The summed E-state index contributed by atoms with van der Waals surface area (Å²) in [5, 5.41) is 0. The molecule has 0 aromatic carbocycles. The Hall–Kier alpha value is -0.990. The smallest absolute Gasteiger partial charge is 0.127 e. The molecule has 92 valence electrons. The van der Waals surface area contributed by atoms with Crippen molar-refractivity contribution in [2.75, 3.05) is 5.73 Å². The highest BCUT2D eigenvalue weighted by Gasteiger charge is 2.19. The van der Waals surface area contributed by atoms with Crippen LogP contribution in [0.1, 0.15) is 70.9 Å². The quantitative estimate of drug-likeness (QED) is 0.830. The van der Waals surface area contributed by atoms with E-state index in [0.717, 1.165) is 36.6 Å². The number of hydrogen-bond donors (Lipinski definition) is 1. The van der Waals surface area contributed by atoms with E-state index in [9.17, 15) is 0 Å². The third-order valence-electron chi connectivity index (χ3n) is 3.12. The molecule has 0 aliphatic rings. The van der Waals surface area contributed by atoms with Gasteiger partial charge < -0.3 is 10.3 Å². The first-order valence-corrected chi connectivity index (χ1v) is 6.39. The fourth-order valence-electron chi connectivity index (χ4n) is 2.04. The van der Waals surface area contributed by atoms with Gasteiger partial charge in [0, 0.05) is 18.4 Å². The topological polar surface area (TPSA) is 43.8 Å². The second-order valence-electron chi connectivity index (χ2n) is 4.82. The average molecular weight is 223 g/mol. The van der Waals surface area contributed by atoms with Crippen LogP contribution in [0, 0.1) is 0 Å². The molecule has 0 spiro atoms. The van der Waals surface area contributed by atoms with Gasteiger partial charge in [-0.3, -0.25) is 0 Å². The summed E-state index contributed by atoms with van der Waals surface area (Å²) >= 11 is 0. The van der Waals surface area contributed by atoms with Gasteiger partial charge in [0.05, 0.1) is 5.69 Å². The summed E-state index contributed by atoms with van der Waals surface area (Å²) in [7, 11) is 0. The second-order valence-corrected chi connectivity index (χ2v) is 4.82. The van der Waals surface area contributed by atoms with Crippen molar-refractivity contribution in [3.63, 3.8) is 0 Å². The Kier molecular flexibility index (Phi) is 4.39. The summed E-state index contributed by atoms with van der Waals surface area (Å²) in [6.45, 7) is 10.9. The van der Waals surface area contributed by atoms with Crippen molar-refractivity contribution in [2.45, 2.75) is 65.8 Å². The van der Waals surface area contributed by atoms with E-state index in [4.69, 9.17) is 10.7 Å². The lowest BCUT2D eigenvalue weighted by atomic mass is 10.1. The molecule has 1 atom stereocenters. The standard InChI is InChI=1S/C13H25N3/c1-6-8-11-15-12(10(5)7-2)13(14)16(11)9(3)4/h9-10H,6-8,14H2,1-5H3. The highest BCUT2D eigenvalue weighted by molar-refractivity contribution is 5.41. The van der Waals surface area contributed by atoms with E-state index in [1.165, 1.54) is 0 Å². The summed E-state index contributed by atoms with van der Waals surface area (Å²) in [4.78, 5) is 4.73. The number of nitrogens with zero attached hydrogens (tertiary/aromatic N) is 2. The van der Waals surface area contributed by atoms with Gasteiger partial charge >= 0.3 is 0 Å². The van der Waals surface area contributed by atoms with Gasteiger partial charge in [-0.05, 0) is 26.7 Å². The molecule has 3 heteroatoms. The normalized spacial score (nSPS) is 13.4. The van der Waals surface area contributed by atoms with Crippen molar-refractivity contribution in [1.29, 1.82) is 0 Å². The number of imidazole rings is 1. The van der Waals surface area contributed by atoms with Gasteiger partial charge in [0.2, 0.25) is 0 Å². The largest absolute Gasteiger partial charge is 0.384 e. The van der Waals surface area contributed by atoms with Crippen molar-refractivity contribution >= 4 is 5.82 Å². The Balaban J connectivity index is 3.18. The van der Waals surface area contributed by atoms with Crippen LogP contribution in [0.25, 0.3) is 0 Å². The minimum atomic E-state index is 0.395. The van der Waals surface area contributed by atoms with Crippen LogP contribution in [-0.2, 0) is 6.42 Å². The maximum atomic E-state index is 6.21. The zero-order chi connectivity index (χ0) is 12.3. The van der Waals surface area contributed by atoms with Gasteiger partial charge in [0.1, 0.15) is 11.6 Å². The van der Waals surface area contributed by atoms with Gasteiger partial charge in [0.25, 0.3) is 0 Å². The predicted molar refractivity (Wildman–Crippen MR) is 69.7 cm³/mol. The SMILES string of the molecule is CCCc1nc(C(C)CC)c(N)n1C(C)C. The summed E-state index contributed by atoms with van der Waals surface area (Å²) in [5.41, 5.74) is 7.30. The van der Waals surface area contributed by atoms with E-state index < -0.39 is 0 Å². The van der Waals surface area contributed by atoms with Crippen LogP contribution in [0.4, 0.5) is 5.82 Å². The molecule has 0 aliphatic heterocycles. The lowest BCUT2D eigenvalue weighted by molar-refractivity contribution is 0.571. The average Bonchev–Trinajstić information content (AvgIpc) is 2.55. The zero-order valence-electron chi connectivity index (χ0n) is 11.2. The fourth-order valence-corrected chi connectivity index (χ4v) is 2.04. The minimum Gasteiger partial charge on any atom is -0.384 e. The lowest BCUT2D eigenvalue weighted by Crippen LogP contribution is -2.10. The molecule has 0 saturated heterocycles. The van der Waals surface area contributed by atoms with Gasteiger partial charge in [-0.25, -0.2) is 4.98 Å². The number of nitrogens with two attached hydrogens (primary N) is 1. The van der Waals surface area contributed by atoms with Crippen molar-refractivity contribution in [2.24, 2.45) is 0 Å². The van der Waals surface area contributed by atoms with Crippen LogP contribution in [0.15, 0.2) is 0 Å². The summed E-state index contributed by atoms with van der Waals surface area (Å²) in [6, 6.07) is 0.395. The van der Waals surface area contributed by atoms with Crippen molar-refractivity contribution in [3.05, 3.63) is 11.5 Å². The molecule has 0 aliphatic carbocycles. The van der Waals surface area contributed by atoms with Crippen LogP contribution >= 0.6 is 0 Å². The van der Waals surface area contributed by atoms with Crippen LogP contribution in [0.5, 0.6) is 0 Å². The van der Waals surface area contributed by atoms with Crippen molar-refractivity contribution in [1.82, 2.24) is 9.55 Å². The molecule has 3 nitrogen and oxygen atoms in total. The molecule has 1 aromatic heterocycles. The molecule has 0 fully saturated rings. The molecule has 0 saturated carbocycles. The summed E-state index contributed by atoms with van der Waals surface area (Å²) in [6.07, 6.45) is 3.22. The van der Waals surface area contributed by atoms with Crippen LogP contribution in [0.2, 0.25) is 0 Å². The number of aryl methyl sites for hydroxylation is 1. The molecule has 16 heavy (non-hydrogen) atoms. The first-order chi connectivity index (χ1) is 7.52. The highest BCUT2D eigenvalue weighted by Crippen LogP contribution is 2.28. The van der Waals surface area contributed by atoms with Crippen molar-refractivity contribution in [3.8, 4) is 0 Å². The molecule has 1 rings (SSSR count). The second kappa shape index (κ2) is 5.37. The summed E-state index contributed by atoms with van der Waals surface area (Å²) < 4.78 is 2.19. The van der Waals surface area contributed by atoms with E-state index in [1.54, 1.807) is 0 Å². The first kappa shape index (κ1) is 13.1. The third-order valence-corrected chi connectivity index (χ3v) is 3.12. The Labute approximate surface area is 99.1 Å². The Morgan fingerprint density at radius 1 is 1.25 bits per heavy atom. The Morgan fingerprint density at radius 3 is 2.31 bits per heavy atom. The first-order valence-electron chi connectivity index (χ1n) is 6.39. The number of hydrogen-bond acceptors (Lipinski definition) is 2. The highest BCUT2D eigenvalue weighted by atomic mass is 15.2. The maximum absolute atomic E-state index is 6.21. The van der Waals surface area contributed by atoms with E-state index in [-0.39, 0.29) is 0 Å². The van der Waals surface area contributed by atoms with E-state index in [1.807, 2.05) is 0 Å². The summed E-state index contributed by atoms with van der Waals surface area (Å²) in [5.74, 6) is 2.47. The molecule has 0 bridgehead atoms. The van der Waals surface area contributed by atoms with Gasteiger partial charge in [0.15, 0.2) is 0 Å². The Morgan fingerprint density at radius 2 is 1.88 bits per heavy atom. The van der Waals surface area contributed by atoms with Gasteiger partial charge in [-0.1, -0.05) is 20.8 Å². The number of rotatable bonds is 5. The molecular weight excluding hydrogens is 198 g/mol. The van der Waals surface area contributed by atoms with Crippen LogP contribution in [-0.4, -0.2) is 9.55 Å². The molecular formula is C13H25N3. The minimum absolute atomic E-state index is 0.395. The molecule has 1 unspecified atom stereocenters. The number of aromatic nitrogens is 2. The van der Waals surface area contributed by atoms with Crippen molar-refractivity contribution < 1.29 is 0 Å². The lowest BCUT2D eigenvalue weighted by Gasteiger charge is -2.13. The van der Waals surface area contributed by atoms with Gasteiger partial charge in [-0.15, -0.1) is 0 Å². The van der Waals surface area contributed by atoms with Crippen LogP contribution in [0.3, 0.4) is 0 Å². The van der Waals surface area contributed by atoms with E-state index in [0.29, 0.717) is 12.0 Å². The molecule has 0 amide bonds. The molecule has 1 aromatic rings. The predicted octanol–water partition coefficient (Wildman–Crippen LogP) is 3.51.